The number of hydrogen-bond donors (Lipinski definition) is 12. The van der Waals surface area contributed by atoms with Gasteiger partial charge in [-0.2, -0.15) is 0 Å². The van der Waals surface area contributed by atoms with E-state index < -0.39 is 95.8 Å². The van der Waals surface area contributed by atoms with Crippen molar-refractivity contribution in [1.29, 1.82) is 0 Å². The van der Waals surface area contributed by atoms with E-state index >= 15 is 0 Å². The molecule has 3 atom stereocenters. The average Bonchev–Trinajstić information content (AvgIpc) is 1.74. The first kappa shape index (κ1) is 76.6. The highest BCUT2D eigenvalue weighted by Crippen LogP contribution is 2.37. The standard InChI is InChI=1S/C73H79F9N12O9/c1-40-52(55-34-49(101-71(74,75)76)25-28-58(55)86-40)37-64(95)92-61(10-4-7-31-83)68(98)89-46-19-13-43(14-20-46)67(44-15-21-47(22-16-44)90-69(99)62(11-5-8-32-84)93-65(96)38-53-41(2)87-59-29-26-50(35-56(53)59)102-72(77,78)79)45-17-23-48(24-18-45)91-70(100)63(12-6-9-33-85)94-66(97)39-54-42(3)88-60-30-27-51(36-57(54)60)103-73(80,81)82/h13-30,34-36,61-63,67,86-88H,4-12,31-33,37-39,83-85H2,1-3H3,(H,89,98)(H,90,99)(H,91,100)(H,92,95)(H,93,96)(H,94,97)/t61-,62-,63-/m1/s1. The van der Waals surface area contributed by atoms with Crippen LogP contribution in [0.1, 0.15) is 114 Å². The van der Waals surface area contributed by atoms with Gasteiger partial charge in [-0.15, -0.1) is 39.5 Å². The van der Waals surface area contributed by atoms with Gasteiger partial charge in [-0.05, 0) is 223 Å². The van der Waals surface area contributed by atoms with Gasteiger partial charge in [-0.25, -0.2) is 0 Å². The number of aryl methyl sites for hydroxylation is 3. The van der Waals surface area contributed by atoms with Crippen molar-refractivity contribution in [1.82, 2.24) is 30.9 Å². The Morgan fingerprint density at radius 3 is 0.864 bits per heavy atom. The number of H-pyrrole nitrogens is 3. The SMILES string of the molecule is Cc1[nH]c2ccc(OC(F)(F)F)cc2c1CC(=O)N[C@H](CCCCN)C(=O)Nc1ccc(C(c2ccc(NC(=O)[C@@H](CCCCN)NC(=O)Cc3c(C)[nH]c4ccc(OC(F)(F)F)cc34)cc2)c2ccc(NC(=O)[C@@H](CCCCN)NC(=O)Cc3c(C)[nH]c4ccc(OC(F)(F)F)cc34)cc2)cc1. The van der Waals surface area contributed by atoms with Gasteiger partial charge in [-0.1, -0.05) is 36.4 Å². The minimum absolute atomic E-state index is 0.190. The Morgan fingerprint density at radius 2 is 0.631 bits per heavy atom. The summed E-state index contributed by atoms with van der Waals surface area (Å²) in [5.41, 5.74) is 24.7. The van der Waals surface area contributed by atoms with Gasteiger partial charge in [0.05, 0.1) is 19.3 Å². The van der Waals surface area contributed by atoms with Crippen LogP contribution in [0.5, 0.6) is 17.2 Å². The lowest BCUT2D eigenvalue weighted by atomic mass is 9.85. The maximum Gasteiger partial charge on any atom is 0.573 e. The number of nitrogens with two attached hydrogens (primary N) is 3. The number of alkyl halides is 9. The van der Waals surface area contributed by atoms with E-state index in [0.29, 0.717) is 158 Å². The van der Waals surface area contributed by atoms with Crippen LogP contribution in [0.4, 0.5) is 56.6 Å². The van der Waals surface area contributed by atoms with Crippen molar-refractivity contribution in [3.63, 3.8) is 0 Å². The summed E-state index contributed by atoms with van der Waals surface area (Å²) in [5, 5.41) is 18.1. The second-order valence-electron chi connectivity index (χ2n) is 25.0. The molecule has 3 heterocycles. The molecule has 30 heteroatoms. The molecular weight excluding hydrogens is 1360 g/mol. The topological polar surface area (TPSA) is 328 Å². The summed E-state index contributed by atoms with van der Waals surface area (Å²) < 4.78 is 131. The second-order valence-corrected chi connectivity index (χ2v) is 25.0. The van der Waals surface area contributed by atoms with Gasteiger partial charge in [0.15, 0.2) is 0 Å². The number of amides is 6. The first-order chi connectivity index (χ1) is 48.9. The quantitative estimate of drug-likeness (QED) is 0.0104. The zero-order valence-corrected chi connectivity index (χ0v) is 56.3. The lowest BCUT2D eigenvalue weighted by Crippen LogP contribution is -2.44. The first-order valence-electron chi connectivity index (χ1n) is 33.2. The smallest absolute Gasteiger partial charge is 0.406 e. The van der Waals surface area contributed by atoms with E-state index in [2.05, 4.69) is 61.1 Å². The number of aromatic nitrogens is 3. The molecule has 548 valence electrons. The van der Waals surface area contributed by atoms with Crippen LogP contribution in [0.15, 0.2) is 127 Å². The maximum absolute atomic E-state index is 14.2. The molecule has 0 aliphatic heterocycles. The number of nitrogens with one attached hydrogen (secondary N) is 9. The van der Waals surface area contributed by atoms with E-state index in [4.69, 9.17) is 17.2 Å². The van der Waals surface area contributed by atoms with Crippen molar-refractivity contribution in [3.05, 3.63) is 178 Å². The van der Waals surface area contributed by atoms with Gasteiger partial charge in [-0.3, -0.25) is 28.8 Å². The predicted octanol–water partition coefficient (Wildman–Crippen LogP) is 12.3. The minimum atomic E-state index is -4.95. The lowest BCUT2D eigenvalue weighted by molar-refractivity contribution is -0.275. The molecule has 21 nitrogen and oxygen atoms in total. The van der Waals surface area contributed by atoms with Gasteiger partial charge in [0.1, 0.15) is 35.4 Å². The Hall–Kier alpha value is -10.6. The third kappa shape index (κ3) is 21.5. The summed E-state index contributed by atoms with van der Waals surface area (Å²) in [5.74, 6) is -5.43. The molecule has 6 aromatic carbocycles. The van der Waals surface area contributed by atoms with Gasteiger partial charge >= 0.3 is 19.1 Å². The Balaban J connectivity index is 0.949. The summed E-state index contributed by atoms with van der Waals surface area (Å²) in [7, 11) is 0. The normalized spacial score (nSPS) is 12.8. The molecule has 15 N–H and O–H groups in total. The molecule has 0 spiro atoms. The van der Waals surface area contributed by atoms with Crippen LogP contribution in [0.25, 0.3) is 32.7 Å². The Kier molecular flexibility index (Phi) is 25.2. The van der Waals surface area contributed by atoms with Gasteiger partial charge in [0.2, 0.25) is 35.4 Å². The van der Waals surface area contributed by atoms with E-state index in [1.807, 2.05) is 0 Å². The molecule has 0 aliphatic rings. The zero-order valence-electron chi connectivity index (χ0n) is 56.3. The number of fused-ring (bicyclic) bond motifs is 3. The van der Waals surface area contributed by atoms with E-state index in [-0.39, 0.29) is 38.5 Å². The largest absolute Gasteiger partial charge is 0.573 e. The molecule has 9 aromatic rings. The summed E-state index contributed by atoms with van der Waals surface area (Å²) in [4.78, 5) is 93.0. The maximum atomic E-state index is 14.2. The fraction of sp³-hybridized carbons (Fsp3) is 0.342. The summed E-state index contributed by atoms with van der Waals surface area (Å²) in [6.45, 7) is 5.95. The third-order valence-electron chi connectivity index (χ3n) is 17.3. The van der Waals surface area contributed by atoms with Gasteiger partial charge < -0.3 is 78.3 Å². The van der Waals surface area contributed by atoms with Crippen molar-refractivity contribution in [3.8, 4) is 17.2 Å². The molecule has 0 unspecified atom stereocenters. The fourth-order valence-corrected chi connectivity index (χ4v) is 12.4. The van der Waals surface area contributed by atoms with Gasteiger partial charge in [0.25, 0.3) is 0 Å². The number of carbonyl (C=O) groups excluding carboxylic acids is 6. The van der Waals surface area contributed by atoms with Crippen LogP contribution in [-0.2, 0) is 48.0 Å². The fourth-order valence-electron chi connectivity index (χ4n) is 12.4. The van der Waals surface area contributed by atoms with Crippen LogP contribution < -0.4 is 63.3 Å². The Morgan fingerprint density at radius 1 is 0.379 bits per heavy atom. The second kappa shape index (κ2) is 33.9. The summed E-state index contributed by atoms with van der Waals surface area (Å²) in [6, 6.07) is 28.6. The molecule has 0 aliphatic carbocycles. The monoisotopic (exact) mass is 1440 g/mol. The van der Waals surface area contributed by atoms with Crippen LogP contribution >= 0.6 is 0 Å². The van der Waals surface area contributed by atoms with E-state index in [9.17, 15) is 68.3 Å². The highest BCUT2D eigenvalue weighted by atomic mass is 19.4. The molecule has 9 rings (SSSR count). The minimum Gasteiger partial charge on any atom is -0.406 e. The number of ether oxygens (including phenoxy) is 3. The number of halogens is 9. The van der Waals surface area contributed by atoms with Crippen molar-refractivity contribution in [2.45, 2.75) is 141 Å². The molecule has 6 amide bonds. The van der Waals surface area contributed by atoms with Crippen LogP contribution in [0, 0.1) is 20.8 Å². The molecular formula is C73H79F9N12O9. The van der Waals surface area contributed by atoms with Crippen molar-refractivity contribution < 1.29 is 82.5 Å². The highest BCUT2D eigenvalue weighted by Gasteiger charge is 2.35. The number of aromatic amines is 3. The van der Waals surface area contributed by atoms with Crippen molar-refractivity contribution in [2.24, 2.45) is 17.2 Å². The Bertz CT molecular complexity index is 4010. The molecule has 103 heavy (non-hydrogen) atoms. The van der Waals surface area contributed by atoms with Crippen LogP contribution in [-0.4, -0.2) is 107 Å². The predicted molar refractivity (Wildman–Crippen MR) is 371 cm³/mol. The average molecular weight is 1440 g/mol. The number of carbonyl (C=O) groups is 6. The van der Waals surface area contributed by atoms with E-state index in [1.54, 1.807) is 93.6 Å². The Labute approximate surface area is 585 Å². The van der Waals surface area contributed by atoms with E-state index in [0.717, 1.165) is 18.2 Å². The highest BCUT2D eigenvalue weighted by molar-refractivity contribution is 6.01. The zero-order chi connectivity index (χ0) is 74.3. The molecule has 0 bridgehead atoms. The van der Waals surface area contributed by atoms with Crippen molar-refractivity contribution in [2.75, 3.05) is 35.6 Å². The van der Waals surface area contributed by atoms with E-state index in [1.165, 1.54) is 36.4 Å². The molecule has 0 saturated heterocycles. The van der Waals surface area contributed by atoms with Crippen LogP contribution in [0.2, 0.25) is 0 Å². The number of hydrogen-bond acceptors (Lipinski definition) is 12. The number of anilines is 3. The number of benzene rings is 6. The summed E-state index contributed by atoms with van der Waals surface area (Å²) in [6.07, 6.45) is -12.2. The molecule has 0 radical (unpaired) electrons. The first-order valence-corrected chi connectivity index (χ1v) is 33.2. The van der Waals surface area contributed by atoms with Crippen LogP contribution in [0.3, 0.4) is 0 Å². The molecule has 0 fully saturated rings. The summed E-state index contributed by atoms with van der Waals surface area (Å²) >= 11 is 0. The molecule has 3 aromatic heterocycles. The number of unbranched alkanes of at least 4 members (excludes halogenated alkanes) is 3. The van der Waals surface area contributed by atoms with Crippen molar-refractivity contribution >= 4 is 85.2 Å². The lowest BCUT2D eigenvalue weighted by Gasteiger charge is -2.22. The van der Waals surface area contributed by atoms with Gasteiger partial charge in [0, 0.05) is 72.8 Å². The third-order valence-corrected chi connectivity index (χ3v) is 17.3. The molecule has 0 saturated carbocycles. The number of rotatable bonds is 33.